The molecule has 3 aromatic carbocycles. The van der Waals surface area contributed by atoms with Crippen LogP contribution in [-0.4, -0.2) is 32.5 Å². The number of rotatable bonds is 6. The van der Waals surface area contributed by atoms with Crippen molar-refractivity contribution in [1.82, 2.24) is 0 Å². The number of hydrogen-bond acceptors (Lipinski definition) is 4. The number of hydrogen-bond donors (Lipinski definition) is 2. The molecule has 0 bridgehead atoms. The van der Waals surface area contributed by atoms with Crippen molar-refractivity contribution in [3.63, 3.8) is 0 Å². The average molecular weight is 468 g/mol. The van der Waals surface area contributed by atoms with Crippen molar-refractivity contribution in [3.05, 3.63) is 82.1 Å². The summed E-state index contributed by atoms with van der Waals surface area (Å²) in [7, 11) is 3.25. The van der Waals surface area contributed by atoms with Crippen LogP contribution >= 0.6 is 11.6 Å². The molecule has 0 aliphatic carbocycles. The Balaban J connectivity index is 1.42. The molecule has 0 fully saturated rings. The van der Waals surface area contributed by atoms with E-state index in [1.165, 1.54) is 23.8 Å². The maximum atomic E-state index is 13.3. The summed E-state index contributed by atoms with van der Waals surface area (Å²) < 4.78 is 24.1. The largest absolute Gasteiger partial charge is 0.493 e. The van der Waals surface area contributed by atoms with E-state index in [9.17, 15) is 9.18 Å². The lowest BCUT2D eigenvalue weighted by molar-refractivity contribution is 0.262. The number of fused-ring (bicyclic) bond motifs is 1. The Kier molecular flexibility index (Phi) is 6.79. The molecule has 2 amide bonds. The second-order valence-corrected chi connectivity index (χ2v) is 7.93. The Morgan fingerprint density at radius 1 is 1.00 bits per heavy atom. The van der Waals surface area contributed by atoms with E-state index < -0.39 is 11.8 Å². The van der Waals surface area contributed by atoms with E-state index in [0.717, 1.165) is 29.8 Å². The van der Waals surface area contributed by atoms with Crippen LogP contribution < -0.4 is 20.1 Å². The van der Waals surface area contributed by atoms with Crippen molar-refractivity contribution in [2.24, 2.45) is 4.99 Å². The lowest BCUT2D eigenvalue weighted by atomic mass is 9.93. The zero-order chi connectivity index (χ0) is 23.4. The molecule has 0 atom stereocenters. The smallest absolute Gasteiger partial charge is 0.323 e. The maximum Gasteiger partial charge on any atom is 0.323 e. The Hall–Kier alpha value is -3.58. The highest BCUT2D eigenvalue weighted by Gasteiger charge is 2.18. The molecule has 0 unspecified atom stereocenters. The van der Waals surface area contributed by atoms with Gasteiger partial charge in [-0.1, -0.05) is 23.7 Å². The summed E-state index contributed by atoms with van der Waals surface area (Å²) in [4.78, 5) is 17.0. The molecule has 1 heterocycles. The lowest BCUT2D eigenvalue weighted by Gasteiger charge is -2.20. The van der Waals surface area contributed by atoms with E-state index in [0.29, 0.717) is 29.3 Å². The van der Waals surface area contributed by atoms with Gasteiger partial charge in [-0.15, -0.1) is 0 Å². The van der Waals surface area contributed by atoms with Crippen LogP contribution in [0.25, 0.3) is 0 Å². The van der Waals surface area contributed by atoms with Gasteiger partial charge in [0.1, 0.15) is 5.82 Å². The van der Waals surface area contributed by atoms with Crippen LogP contribution in [0.3, 0.4) is 0 Å². The van der Waals surface area contributed by atoms with Gasteiger partial charge in [0, 0.05) is 35.6 Å². The van der Waals surface area contributed by atoms with Crippen LogP contribution in [0.15, 0.2) is 59.6 Å². The number of methoxy groups -OCH3 is 2. The van der Waals surface area contributed by atoms with Crippen molar-refractivity contribution in [2.75, 3.05) is 31.4 Å². The molecule has 0 saturated heterocycles. The third-order valence-corrected chi connectivity index (χ3v) is 5.65. The van der Waals surface area contributed by atoms with Crippen molar-refractivity contribution in [1.29, 1.82) is 0 Å². The Labute approximate surface area is 196 Å². The highest BCUT2D eigenvalue weighted by molar-refractivity contribution is 6.31. The predicted octanol–water partition coefficient (Wildman–Crippen LogP) is 5.73. The number of halogens is 2. The minimum Gasteiger partial charge on any atom is -0.493 e. The molecule has 0 radical (unpaired) electrons. The fourth-order valence-corrected chi connectivity index (χ4v) is 3.89. The number of carbonyl (C=O) groups excluding carboxylic acids is 1. The molecule has 0 aromatic heterocycles. The number of carbonyl (C=O) groups is 1. The molecule has 2 N–H and O–H groups in total. The van der Waals surface area contributed by atoms with Crippen LogP contribution in [-0.2, 0) is 12.8 Å². The van der Waals surface area contributed by atoms with Gasteiger partial charge >= 0.3 is 6.03 Å². The highest BCUT2D eigenvalue weighted by Crippen LogP contribution is 2.33. The second-order valence-electron chi connectivity index (χ2n) is 7.52. The van der Waals surface area contributed by atoms with Gasteiger partial charge < -0.3 is 20.1 Å². The van der Waals surface area contributed by atoms with Crippen LogP contribution in [0, 0.1) is 5.82 Å². The van der Waals surface area contributed by atoms with Gasteiger partial charge in [-0.05, 0) is 60.0 Å². The number of aliphatic imine (C=N–C) groups is 1. The average Bonchev–Trinajstić information content (AvgIpc) is 2.82. The molecule has 170 valence electrons. The van der Waals surface area contributed by atoms with Gasteiger partial charge in [0.15, 0.2) is 11.5 Å². The number of amides is 2. The third-order valence-electron chi connectivity index (χ3n) is 5.36. The molecule has 33 heavy (non-hydrogen) atoms. The first-order valence-corrected chi connectivity index (χ1v) is 10.7. The fourth-order valence-electron chi connectivity index (χ4n) is 3.71. The van der Waals surface area contributed by atoms with E-state index in [1.54, 1.807) is 14.2 Å². The lowest BCUT2D eigenvalue weighted by Crippen LogP contribution is -2.19. The molecule has 0 saturated carbocycles. The van der Waals surface area contributed by atoms with Gasteiger partial charge in [0.2, 0.25) is 0 Å². The summed E-state index contributed by atoms with van der Waals surface area (Å²) in [6, 6.07) is 15.1. The number of nitrogens with zero attached hydrogens (tertiary/aromatic N) is 1. The zero-order valence-corrected chi connectivity index (χ0v) is 19.0. The quantitative estimate of drug-likeness (QED) is 0.486. The van der Waals surface area contributed by atoms with Gasteiger partial charge in [0.05, 0.1) is 19.2 Å². The van der Waals surface area contributed by atoms with Gasteiger partial charge in [0.25, 0.3) is 0 Å². The number of urea groups is 1. The normalized spacial score (nSPS) is 12.4. The summed E-state index contributed by atoms with van der Waals surface area (Å²) in [6.45, 7) is 0.727. The van der Waals surface area contributed by atoms with E-state index in [-0.39, 0.29) is 5.02 Å². The summed E-state index contributed by atoms with van der Waals surface area (Å²) in [6.07, 6.45) is 1.51. The summed E-state index contributed by atoms with van der Waals surface area (Å²) in [5, 5.41) is 5.32. The molecular formula is C25H23ClFN3O3. The molecular weight excluding hydrogens is 445 g/mol. The summed E-state index contributed by atoms with van der Waals surface area (Å²) in [5.74, 6) is 0.856. The fraction of sp³-hybridized carbons (Fsp3) is 0.200. The van der Waals surface area contributed by atoms with Gasteiger partial charge in [-0.25, -0.2) is 9.18 Å². The van der Waals surface area contributed by atoms with E-state index in [4.69, 9.17) is 26.1 Å². The molecule has 1 aliphatic heterocycles. The molecule has 8 heteroatoms. The summed E-state index contributed by atoms with van der Waals surface area (Å²) >= 11 is 5.75. The summed E-state index contributed by atoms with van der Waals surface area (Å²) in [5.41, 5.74) is 5.34. The minimum atomic E-state index is -0.541. The predicted molar refractivity (Wildman–Crippen MR) is 129 cm³/mol. The number of nitrogens with one attached hydrogen (secondary N) is 2. The zero-order valence-electron chi connectivity index (χ0n) is 18.2. The number of benzene rings is 3. The molecule has 4 rings (SSSR count). The Bertz CT molecular complexity index is 1210. The first-order valence-electron chi connectivity index (χ1n) is 10.4. The topological polar surface area (TPSA) is 72.0 Å². The second kappa shape index (κ2) is 9.92. The molecule has 6 nitrogen and oxygen atoms in total. The molecule has 0 spiro atoms. The SMILES string of the molecule is COc1cc2c(cc1OC)C(Cc1ccc(NC(=O)Nc3ccc(F)c(Cl)c3)cc1)=NCC2. The molecule has 1 aliphatic rings. The number of ether oxygens (including phenoxy) is 2. The highest BCUT2D eigenvalue weighted by atomic mass is 35.5. The van der Waals surface area contributed by atoms with Crippen LogP contribution in [0.2, 0.25) is 5.02 Å². The van der Waals surface area contributed by atoms with Crippen molar-refractivity contribution < 1.29 is 18.7 Å². The van der Waals surface area contributed by atoms with E-state index in [1.807, 2.05) is 36.4 Å². The standard InChI is InChI=1S/C25H23ClFN3O3/c1-32-23-12-16-9-10-28-22(19(16)14-24(23)33-2)11-15-3-5-17(6-4-15)29-25(31)30-18-7-8-21(27)20(26)13-18/h3-8,12-14H,9-11H2,1-2H3,(H2,29,30,31). The first kappa shape index (κ1) is 22.6. The maximum absolute atomic E-state index is 13.3. The van der Waals surface area contributed by atoms with Gasteiger partial charge in [-0.3, -0.25) is 4.99 Å². The van der Waals surface area contributed by atoms with Crippen molar-refractivity contribution in [3.8, 4) is 11.5 Å². The van der Waals surface area contributed by atoms with Gasteiger partial charge in [-0.2, -0.15) is 0 Å². The van der Waals surface area contributed by atoms with Crippen LogP contribution in [0.4, 0.5) is 20.6 Å². The van der Waals surface area contributed by atoms with Crippen LogP contribution in [0.5, 0.6) is 11.5 Å². The van der Waals surface area contributed by atoms with E-state index >= 15 is 0 Å². The third kappa shape index (κ3) is 5.26. The van der Waals surface area contributed by atoms with Crippen molar-refractivity contribution in [2.45, 2.75) is 12.8 Å². The first-order chi connectivity index (χ1) is 16.0. The van der Waals surface area contributed by atoms with Crippen molar-refractivity contribution >= 4 is 34.7 Å². The number of anilines is 2. The Morgan fingerprint density at radius 2 is 1.67 bits per heavy atom. The monoisotopic (exact) mass is 467 g/mol. The van der Waals surface area contributed by atoms with E-state index in [2.05, 4.69) is 10.6 Å². The molecule has 3 aromatic rings. The minimum absolute atomic E-state index is 0.0552. The van der Waals surface area contributed by atoms with Crippen LogP contribution in [0.1, 0.15) is 16.7 Å². The Morgan fingerprint density at radius 3 is 2.36 bits per heavy atom.